The fraction of sp³-hybridized carbons (Fsp3) is 0.462. The lowest BCUT2D eigenvalue weighted by molar-refractivity contribution is -0.118. The van der Waals surface area contributed by atoms with E-state index in [2.05, 4.69) is 5.32 Å². The molecule has 2 heterocycles. The van der Waals surface area contributed by atoms with Gasteiger partial charge < -0.3 is 25.3 Å². The van der Waals surface area contributed by atoms with Crippen molar-refractivity contribution in [2.45, 2.75) is 25.4 Å². The predicted molar refractivity (Wildman–Crippen MR) is 69.2 cm³/mol. The molecule has 6 nitrogen and oxygen atoms in total. The van der Waals surface area contributed by atoms with Crippen LogP contribution in [0.4, 0.5) is 11.4 Å². The normalized spacial score (nSPS) is 20.5. The van der Waals surface area contributed by atoms with Gasteiger partial charge >= 0.3 is 0 Å². The van der Waals surface area contributed by atoms with E-state index in [1.165, 1.54) is 0 Å². The summed E-state index contributed by atoms with van der Waals surface area (Å²) in [4.78, 5) is 11.9. The van der Waals surface area contributed by atoms with Gasteiger partial charge in [-0.3, -0.25) is 4.79 Å². The van der Waals surface area contributed by atoms with E-state index in [0.29, 0.717) is 29.3 Å². The second-order valence-corrected chi connectivity index (χ2v) is 4.68. The molecule has 3 N–H and O–H groups in total. The first-order chi connectivity index (χ1) is 9.22. The van der Waals surface area contributed by atoms with Gasteiger partial charge in [-0.2, -0.15) is 0 Å². The summed E-state index contributed by atoms with van der Waals surface area (Å²) in [5, 5.41) is 2.79. The molecule has 0 spiro atoms. The maximum absolute atomic E-state index is 11.9. The Morgan fingerprint density at radius 3 is 2.89 bits per heavy atom. The summed E-state index contributed by atoms with van der Waals surface area (Å²) in [5.41, 5.74) is 6.88. The highest BCUT2D eigenvalue weighted by Crippen LogP contribution is 2.38. The van der Waals surface area contributed by atoms with Gasteiger partial charge in [0.2, 0.25) is 12.7 Å². The zero-order chi connectivity index (χ0) is 13.2. The maximum Gasteiger partial charge on any atom is 0.231 e. The maximum atomic E-state index is 11.9. The topological polar surface area (TPSA) is 82.8 Å². The third kappa shape index (κ3) is 2.58. The van der Waals surface area contributed by atoms with E-state index in [9.17, 15) is 4.79 Å². The summed E-state index contributed by atoms with van der Waals surface area (Å²) < 4.78 is 15.9. The number of carbonyl (C=O) groups excluding carboxylic acids is 1. The van der Waals surface area contributed by atoms with Gasteiger partial charge in [-0.05, 0) is 12.8 Å². The van der Waals surface area contributed by atoms with Crippen LogP contribution < -0.4 is 20.5 Å². The summed E-state index contributed by atoms with van der Waals surface area (Å²) in [6.45, 7) is 0.923. The van der Waals surface area contributed by atoms with Crippen molar-refractivity contribution >= 4 is 17.3 Å². The Labute approximate surface area is 110 Å². The Bertz CT molecular complexity index is 498. The number of nitrogens with two attached hydrogens (primary N) is 1. The molecular weight excluding hydrogens is 248 g/mol. The van der Waals surface area contributed by atoms with Gasteiger partial charge in [-0.15, -0.1) is 0 Å². The van der Waals surface area contributed by atoms with Gasteiger partial charge in [0.15, 0.2) is 11.5 Å². The molecule has 102 valence electrons. The van der Waals surface area contributed by atoms with Crippen LogP contribution in [0.15, 0.2) is 12.1 Å². The first-order valence-corrected chi connectivity index (χ1v) is 6.33. The summed E-state index contributed by atoms with van der Waals surface area (Å²) in [7, 11) is 0. The average Bonchev–Trinajstić information content (AvgIpc) is 3.00. The molecule has 0 bridgehead atoms. The highest BCUT2D eigenvalue weighted by Gasteiger charge is 2.21. The summed E-state index contributed by atoms with van der Waals surface area (Å²) in [6, 6.07) is 3.34. The lowest BCUT2D eigenvalue weighted by atomic mass is 10.1. The number of ether oxygens (including phenoxy) is 3. The number of carbonyl (C=O) groups is 1. The smallest absolute Gasteiger partial charge is 0.231 e. The molecule has 2 aliphatic heterocycles. The van der Waals surface area contributed by atoms with Crippen LogP contribution in [0.5, 0.6) is 11.5 Å². The van der Waals surface area contributed by atoms with E-state index in [-0.39, 0.29) is 18.8 Å². The van der Waals surface area contributed by atoms with Crippen LogP contribution in [-0.4, -0.2) is 25.4 Å². The molecule has 1 saturated heterocycles. The molecule has 1 atom stereocenters. The molecule has 1 amide bonds. The van der Waals surface area contributed by atoms with Gasteiger partial charge in [0.1, 0.15) is 0 Å². The Morgan fingerprint density at radius 1 is 1.37 bits per heavy atom. The largest absolute Gasteiger partial charge is 0.454 e. The second kappa shape index (κ2) is 4.97. The Balaban J connectivity index is 1.67. The zero-order valence-corrected chi connectivity index (χ0v) is 10.5. The van der Waals surface area contributed by atoms with E-state index in [1.807, 2.05) is 0 Å². The van der Waals surface area contributed by atoms with Gasteiger partial charge in [0.25, 0.3) is 0 Å². The molecule has 2 aliphatic rings. The van der Waals surface area contributed by atoms with E-state index in [1.54, 1.807) is 12.1 Å². The molecule has 1 aromatic rings. The molecule has 0 radical (unpaired) electrons. The highest BCUT2D eigenvalue weighted by atomic mass is 16.7. The monoisotopic (exact) mass is 264 g/mol. The minimum Gasteiger partial charge on any atom is -0.454 e. The van der Waals surface area contributed by atoms with Crippen molar-refractivity contribution in [1.29, 1.82) is 0 Å². The minimum absolute atomic E-state index is 0.0234. The van der Waals surface area contributed by atoms with Crippen molar-refractivity contribution in [3.63, 3.8) is 0 Å². The Morgan fingerprint density at radius 2 is 2.16 bits per heavy atom. The number of hydrogen-bond donors (Lipinski definition) is 2. The number of fused-ring (bicyclic) bond motifs is 1. The van der Waals surface area contributed by atoms with Crippen molar-refractivity contribution < 1.29 is 19.0 Å². The van der Waals surface area contributed by atoms with Crippen LogP contribution in [0.2, 0.25) is 0 Å². The lowest BCUT2D eigenvalue weighted by Gasteiger charge is -2.12. The molecule has 0 aromatic heterocycles. The van der Waals surface area contributed by atoms with E-state index in [0.717, 1.165) is 19.4 Å². The van der Waals surface area contributed by atoms with Gasteiger partial charge in [0, 0.05) is 18.7 Å². The standard InChI is InChI=1S/C13H16N2O4/c14-9-5-11-12(19-7-18-11)6-10(9)15-13(16)4-8-2-1-3-17-8/h5-6,8H,1-4,7,14H2,(H,15,16). The van der Waals surface area contributed by atoms with Gasteiger partial charge in [-0.1, -0.05) is 0 Å². The summed E-state index contributed by atoms with van der Waals surface area (Å²) in [6.07, 6.45) is 2.33. The third-order valence-corrected chi connectivity index (χ3v) is 3.26. The van der Waals surface area contributed by atoms with Crippen LogP contribution >= 0.6 is 0 Å². The number of rotatable bonds is 3. The fourth-order valence-corrected chi connectivity index (χ4v) is 2.28. The molecule has 19 heavy (non-hydrogen) atoms. The highest BCUT2D eigenvalue weighted by molar-refractivity contribution is 5.94. The predicted octanol–water partition coefficient (Wildman–Crippen LogP) is 1.51. The SMILES string of the molecule is Nc1cc2c(cc1NC(=O)CC1CCCO1)OCO2. The number of nitrogen functional groups attached to an aromatic ring is 1. The van der Waals surface area contributed by atoms with Gasteiger partial charge in [0.05, 0.1) is 23.9 Å². The van der Waals surface area contributed by atoms with E-state index >= 15 is 0 Å². The van der Waals surface area contributed by atoms with Crippen molar-refractivity contribution in [2.75, 3.05) is 24.5 Å². The average molecular weight is 264 g/mol. The van der Waals surface area contributed by atoms with E-state index < -0.39 is 0 Å². The molecule has 0 aliphatic carbocycles. The van der Waals surface area contributed by atoms with Crippen molar-refractivity contribution in [3.05, 3.63) is 12.1 Å². The van der Waals surface area contributed by atoms with Crippen LogP contribution in [-0.2, 0) is 9.53 Å². The van der Waals surface area contributed by atoms with Crippen molar-refractivity contribution in [2.24, 2.45) is 0 Å². The second-order valence-electron chi connectivity index (χ2n) is 4.68. The zero-order valence-electron chi connectivity index (χ0n) is 10.5. The quantitative estimate of drug-likeness (QED) is 0.808. The molecule has 1 unspecified atom stereocenters. The van der Waals surface area contributed by atoms with Crippen LogP contribution in [0, 0.1) is 0 Å². The number of hydrogen-bond acceptors (Lipinski definition) is 5. The lowest BCUT2D eigenvalue weighted by Crippen LogP contribution is -2.19. The molecule has 0 saturated carbocycles. The van der Waals surface area contributed by atoms with Crippen LogP contribution in [0.1, 0.15) is 19.3 Å². The molecular formula is C13H16N2O4. The number of nitrogens with one attached hydrogen (secondary N) is 1. The minimum atomic E-state index is -0.0996. The summed E-state index contributed by atoms with van der Waals surface area (Å²) in [5.74, 6) is 1.11. The molecule has 1 aromatic carbocycles. The van der Waals surface area contributed by atoms with Crippen LogP contribution in [0.3, 0.4) is 0 Å². The Hall–Kier alpha value is -1.95. The van der Waals surface area contributed by atoms with Crippen molar-refractivity contribution in [1.82, 2.24) is 0 Å². The molecule has 1 fully saturated rings. The first-order valence-electron chi connectivity index (χ1n) is 6.33. The van der Waals surface area contributed by atoms with E-state index in [4.69, 9.17) is 19.9 Å². The number of amides is 1. The number of anilines is 2. The van der Waals surface area contributed by atoms with Gasteiger partial charge in [-0.25, -0.2) is 0 Å². The first kappa shape index (κ1) is 12.1. The van der Waals surface area contributed by atoms with Crippen molar-refractivity contribution in [3.8, 4) is 11.5 Å². The summed E-state index contributed by atoms with van der Waals surface area (Å²) >= 11 is 0. The number of benzene rings is 1. The van der Waals surface area contributed by atoms with Crippen LogP contribution in [0.25, 0.3) is 0 Å². The molecule has 3 rings (SSSR count). The fourth-order valence-electron chi connectivity index (χ4n) is 2.28. The third-order valence-electron chi connectivity index (χ3n) is 3.26. The Kier molecular flexibility index (Phi) is 3.16. The molecule has 6 heteroatoms.